The summed E-state index contributed by atoms with van der Waals surface area (Å²) in [7, 11) is 0. The number of rotatable bonds is 9. The highest BCUT2D eigenvalue weighted by molar-refractivity contribution is 7.77. The van der Waals surface area contributed by atoms with Crippen molar-refractivity contribution in [3.8, 4) is 11.1 Å². The third kappa shape index (κ3) is 6.64. The van der Waals surface area contributed by atoms with Crippen molar-refractivity contribution in [1.82, 2.24) is 14.9 Å². The highest BCUT2D eigenvalue weighted by Crippen LogP contribution is 2.24. The number of aromatic carboxylic acids is 1. The van der Waals surface area contributed by atoms with E-state index in [1.807, 2.05) is 68.4 Å². The van der Waals surface area contributed by atoms with Crippen LogP contribution in [-0.4, -0.2) is 37.8 Å². The van der Waals surface area contributed by atoms with Gasteiger partial charge < -0.3 is 20.5 Å². The quantitative estimate of drug-likeness (QED) is 0.190. The molecule has 1 unspecified atom stereocenters. The molecule has 1 heterocycles. The third-order valence-electron chi connectivity index (χ3n) is 6.13. The number of fused-ring (bicyclic) bond motifs is 1. The molecule has 0 spiro atoms. The first-order chi connectivity index (χ1) is 17.2. The Hall–Kier alpha value is -3.37. The van der Waals surface area contributed by atoms with Crippen molar-refractivity contribution in [2.24, 2.45) is 5.14 Å². The molecule has 0 fully saturated rings. The van der Waals surface area contributed by atoms with E-state index in [-0.39, 0.29) is 16.8 Å². The third-order valence-corrected chi connectivity index (χ3v) is 6.13. The van der Waals surface area contributed by atoms with Gasteiger partial charge in [0.15, 0.2) is 0 Å². The molecule has 1 aromatic heterocycles. The Kier molecular flexibility index (Phi) is 9.11. The molecule has 1 atom stereocenters. The average molecular weight is 509 g/mol. The number of carbonyl (C=O) groups is 1. The number of thiol groups is 1. The van der Waals surface area contributed by atoms with E-state index in [4.69, 9.17) is 5.11 Å². The number of aliphatic hydroxyl groups is 1. The molecule has 3 aromatic carbocycles. The summed E-state index contributed by atoms with van der Waals surface area (Å²) < 4.78 is 1.62. The minimum atomic E-state index is -1.03. The lowest BCUT2D eigenvalue weighted by atomic mass is 9.98. The maximum atomic E-state index is 12.4. The van der Waals surface area contributed by atoms with Gasteiger partial charge in [0.05, 0.1) is 22.7 Å². The normalized spacial score (nSPS) is 12.1. The first-order valence-corrected chi connectivity index (χ1v) is 12.1. The van der Waals surface area contributed by atoms with Gasteiger partial charge in [-0.15, -0.1) is 12.8 Å². The molecule has 0 aliphatic rings. The fourth-order valence-electron chi connectivity index (χ4n) is 4.05. The van der Waals surface area contributed by atoms with Crippen molar-refractivity contribution in [2.75, 3.05) is 6.54 Å². The van der Waals surface area contributed by atoms with E-state index in [0.29, 0.717) is 30.5 Å². The number of aromatic amines is 1. The number of aromatic nitrogens is 2. The van der Waals surface area contributed by atoms with E-state index in [1.165, 1.54) is 12.1 Å². The highest BCUT2D eigenvalue weighted by Gasteiger charge is 2.21. The molecule has 0 radical (unpaired) electrons. The van der Waals surface area contributed by atoms with Crippen molar-refractivity contribution in [2.45, 2.75) is 38.5 Å². The van der Waals surface area contributed by atoms with Gasteiger partial charge >= 0.3 is 11.7 Å². The Morgan fingerprint density at radius 2 is 1.75 bits per heavy atom. The molecule has 36 heavy (non-hydrogen) atoms. The van der Waals surface area contributed by atoms with Crippen molar-refractivity contribution < 1.29 is 15.0 Å². The predicted octanol–water partition coefficient (Wildman–Crippen LogP) is 3.98. The molecule has 4 aromatic rings. The maximum absolute atomic E-state index is 12.4. The van der Waals surface area contributed by atoms with Crippen LogP contribution in [-0.2, 0) is 6.54 Å². The van der Waals surface area contributed by atoms with Crippen LogP contribution < -0.4 is 16.1 Å². The number of nitrogens with zero attached hydrogens (tertiary/aromatic N) is 1. The molecular formula is C27H32N4O4S. The molecule has 6 N–H and O–H groups in total. The molecule has 9 heteroatoms. The lowest BCUT2D eigenvalue weighted by Crippen LogP contribution is -2.42. The second kappa shape index (κ2) is 12.0. The first-order valence-electron chi connectivity index (χ1n) is 11.5. The summed E-state index contributed by atoms with van der Waals surface area (Å²) >= 11 is 3.03. The van der Waals surface area contributed by atoms with E-state index >= 15 is 0 Å². The minimum Gasteiger partial charge on any atom is -0.478 e. The van der Waals surface area contributed by atoms with Crippen molar-refractivity contribution in [3.05, 3.63) is 94.4 Å². The topological polar surface area (TPSA) is 133 Å². The smallest absolute Gasteiger partial charge is 0.335 e. The number of H-pyrrole nitrogens is 1. The number of carboxylic acid groups (broad SMARTS) is 1. The number of aliphatic hydroxyl groups excluding tert-OH is 1. The van der Waals surface area contributed by atoms with Gasteiger partial charge in [0.1, 0.15) is 0 Å². The zero-order chi connectivity index (χ0) is 26.3. The predicted molar refractivity (Wildman–Crippen MR) is 146 cm³/mol. The van der Waals surface area contributed by atoms with E-state index in [1.54, 1.807) is 10.6 Å². The molecule has 0 aliphatic heterocycles. The SMILES string of the molecule is CC(C)(CCn1c(=O)[nH]c2cc(C(=O)O)ccc21)NCC(O)c1cccc(-c2ccccc2)c1.NS. The summed E-state index contributed by atoms with van der Waals surface area (Å²) in [5.41, 5.74) is 3.69. The van der Waals surface area contributed by atoms with Gasteiger partial charge in [0.2, 0.25) is 0 Å². The largest absolute Gasteiger partial charge is 0.478 e. The van der Waals surface area contributed by atoms with Gasteiger partial charge in [-0.05, 0) is 61.2 Å². The van der Waals surface area contributed by atoms with Gasteiger partial charge in [-0.25, -0.2) is 9.59 Å². The highest BCUT2D eigenvalue weighted by atomic mass is 32.1. The number of hydrogen-bond acceptors (Lipinski definition) is 6. The number of benzene rings is 3. The zero-order valence-electron chi connectivity index (χ0n) is 20.3. The summed E-state index contributed by atoms with van der Waals surface area (Å²) in [6, 6.07) is 22.6. The Morgan fingerprint density at radius 3 is 2.44 bits per heavy atom. The summed E-state index contributed by atoms with van der Waals surface area (Å²) in [4.78, 5) is 26.4. The van der Waals surface area contributed by atoms with Crippen LogP contribution in [0.5, 0.6) is 0 Å². The van der Waals surface area contributed by atoms with Crippen LogP contribution >= 0.6 is 12.8 Å². The minimum absolute atomic E-state index is 0.133. The number of β-amino-alcohol motifs (C(OH)–C–C–N with tert-alkyl or cyclic N) is 1. The summed E-state index contributed by atoms with van der Waals surface area (Å²) in [6.45, 7) is 4.88. The summed E-state index contributed by atoms with van der Waals surface area (Å²) in [5, 5.41) is 27.6. The van der Waals surface area contributed by atoms with Crippen molar-refractivity contribution in [3.63, 3.8) is 0 Å². The molecule has 4 rings (SSSR count). The number of nitrogens with one attached hydrogen (secondary N) is 2. The van der Waals surface area contributed by atoms with E-state index in [0.717, 1.165) is 16.7 Å². The average Bonchev–Trinajstić information content (AvgIpc) is 3.22. The lowest BCUT2D eigenvalue weighted by molar-refractivity contribution is 0.0697. The molecule has 0 bridgehead atoms. The van der Waals surface area contributed by atoms with Crippen molar-refractivity contribution >= 4 is 29.8 Å². The van der Waals surface area contributed by atoms with Gasteiger partial charge in [0.25, 0.3) is 0 Å². The van der Waals surface area contributed by atoms with Crippen molar-refractivity contribution in [1.29, 1.82) is 0 Å². The fraction of sp³-hybridized carbons (Fsp3) is 0.259. The first kappa shape index (κ1) is 27.2. The Bertz CT molecular complexity index is 1370. The number of carboxylic acids is 1. The van der Waals surface area contributed by atoms with Crippen LogP contribution in [0.25, 0.3) is 22.2 Å². The monoisotopic (exact) mass is 508 g/mol. The number of nitrogens with two attached hydrogens (primary N) is 1. The van der Waals surface area contributed by atoms with Crippen LogP contribution in [0.15, 0.2) is 77.6 Å². The molecule has 190 valence electrons. The van der Waals surface area contributed by atoms with Gasteiger partial charge in [-0.2, -0.15) is 0 Å². The fourth-order valence-corrected chi connectivity index (χ4v) is 4.05. The second-order valence-corrected chi connectivity index (χ2v) is 9.14. The van der Waals surface area contributed by atoms with Gasteiger partial charge in [-0.3, -0.25) is 9.71 Å². The molecular weight excluding hydrogens is 476 g/mol. The van der Waals surface area contributed by atoms with E-state index in [9.17, 15) is 14.7 Å². The lowest BCUT2D eigenvalue weighted by Gasteiger charge is -2.28. The van der Waals surface area contributed by atoms with Gasteiger partial charge in [0, 0.05) is 18.6 Å². The standard InChI is InChI=1S/C27H29N3O4.H3NS/c1-27(2,13-14-30-23-12-11-21(25(32)33)16-22(23)29-26(30)34)28-17-24(31)20-10-6-9-19(15-20)18-7-4-3-5-8-18;1-2/h3-12,15-16,24,28,31H,13-14,17H2,1-2H3,(H,29,34)(H,32,33);2H,1H2. The maximum Gasteiger partial charge on any atom is 0.335 e. The Balaban J connectivity index is 0.00000176. The van der Waals surface area contributed by atoms with Crippen LogP contribution in [0.4, 0.5) is 0 Å². The second-order valence-electron chi connectivity index (χ2n) is 9.14. The Morgan fingerprint density at radius 1 is 1.06 bits per heavy atom. The van der Waals surface area contributed by atoms with Crippen LogP contribution in [0.2, 0.25) is 0 Å². The molecule has 8 nitrogen and oxygen atoms in total. The van der Waals surface area contributed by atoms with Crippen LogP contribution in [0, 0.1) is 0 Å². The van der Waals surface area contributed by atoms with E-state index in [2.05, 4.69) is 28.3 Å². The zero-order valence-corrected chi connectivity index (χ0v) is 21.2. The Labute approximate surface area is 215 Å². The molecule has 0 saturated carbocycles. The van der Waals surface area contributed by atoms with Crippen LogP contribution in [0.1, 0.15) is 42.3 Å². The van der Waals surface area contributed by atoms with Crippen LogP contribution in [0.3, 0.4) is 0 Å². The van der Waals surface area contributed by atoms with E-state index < -0.39 is 12.1 Å². The van der Waals surface area contributed by atoms with Gasteiger partial charge in [-0.1, -0.05) is 48.5 Å². The summed E-state index contributed by atoms with van der Waals surface area (Å²) in [5.74, 6) is -1.03. The molecule has 0 aliphatic carbocycles. The number of aryl methyl sites for hydroxylation is 1. The number of hydrogen-bond donors (Lipinski definition) is 6. The molecule has 0 saturated heterocycles. The molecule has 0 amide bonds. The summed E-state index contributed by atoms with van der Waals surface area (Å²) in [6.07, 6.45) is -0.0367. The number of imidazole rings is 1.